The molecule has 1 aromatic rings. The Morgan fingerprint density at radius 2 is 1.82 bits per heavy atom. The number of fused-ring (bicyclic) bond motifs is 1. The van der Waals surface area contributed by atoms with E-state index < -0.39 is 0 Å². The molecular formula is C19H27NO2. The fourth-order valence-electron chi connectivity index (χ4n) is 4.35. The van der Waals surface area contributed by atoms with E-state index >= 15 is 0 Å². The van der Waals surface area contributed by atoms with Gasteiger partial charge in [0.15, 0.2) is 0 Å². The summed E-state index contributed by atoms with van der Waals surface area (Å²) in [4.78, 5) is 14.6. The van der Waals surface area contributed by atoms with Crippen molar-refractivity contribution in [3.63, 3.8) is 0 Å². The summed E-state index contributed by atoms with van der Waals surface area (Å²) in [6.45, 7) is 4.14. The molecule has 3 rings (SSSR count). The van der Waals surface area contributed by atoms with Gasteiger partial charge in [-0.1, -0.05) is 23.8 Å². The minimum absolute atomic E-state index is 0.105. The first-order chi connectivity index (χ1) is 10.4. The van der Waals surface area contributed by atoms with E-state index in [-0.39, 0.29) is 12.0 Å². The highest BCUT2D eigenvalue weighted by Crippen LogP contribution is 2.45. The standard InChI is InChI=1S/C19H27NO2/c1-12-4-5-13(2)14(6-12)11-19(22)20(3)17-7-15-9-18(21)10-16(15)8-17/h4-6,15-18,21H,7-11H2,1-3H3/t15-,16+,17?,18?. The number of hydrogen-bond donors (Lipinski definition) is 1. The Labute approximate surface area is 133 Å². The molecular weight excluding hydrogens is 274 g/mol. The van der Waals surface area contributed by atoms with Crippen LogP contribution in [0.3, 0.4) is 0 Å². The summed E-state index contributed by atoms with van der Waals surface area (Å²) in [5.41, 5.74) is 3.55. The maximum absolute atomic E-state index is 12.6. The van der Waals surface area contributed by atoms with Gasteiger partial charge in [-0.25, -0.2) is 0 Å². The van der Waals surface area contributed by atoms with Crippen molar-refractivity contribution in [2.45, 2.75) is 58.1 Å². The highest BCUT2D eigenvalue weighted by atomic mass is 16.3. The van der Waals surface area contributed by atoms with Gasteiger partial charge in [-0.15, -0.1) is 0 Å². The van der Waals surface area contributed by atoms with E-state index in [0.29, 0.717) is 24.3 Å². The van der Waals surface area contributed by atoms with Gasteiger partial charge in [0.2, 0.25) is 5.91 Å². The molecule has 0 heterocycles. The maximum atomic E-state index is 12.6. The van der Waals surface area contributed by atoms with E-state index in [1.165, 1.54) is 11.1 Å². The van der Waals surface area contributed by atoms with Crippen LogP contribution in [0.25, 0.3) is 0 Å². The molecule has 2 saturated carbocycles. The van der Waals surface area contributed by atoms with Crippen LogP contribution >= 0.6 is 0 Å². The molecule has 3 heteroatoms. The lowest BCUT2D eigenvalue weighted by Crippen LogP contribution is -2.37. The molecule has 2 aliphatic rings. The van der Waals surface area contributed by atoms with Gasteiger partial charge < -0.3 is 10.0 Å². The molecule has 120 valence electrons. The van der Waals surface area contributed by atoms with Gasteiger partial charge in [-0.3, -0.25) is 4.79 Å². The average molecular weight is 301 g/mol. The number of likely N-dealkylation sites (N-methyl/N-ethyl adjacent to an activating group) is 1. The van der Waals surface area contributed by atoms with Crippen LogP contribution in [0.5, 0.6) is 0 Å². The van der Waals surface area contributed by atoms with Gasteiger partial charge in [-0.05, 0) is 62.5 Å². The molecule has 2 aliphatic carbocycles. The van der Waals surface area contributed by atoms with E-state index in [1.807, 2.05) is 11.9 Å². The lowest BCUT2D eigenvalue weighted by molar-refractivity contribution is -0.131. The zero-order valence-electron chi connectivity index (χ0n) is 13.9. The van der Waals surface area contributed by atoms with Crippen LogP contribution in [0, 0.1) is 25.7 Å². The molecule has 0 saturated heterocycles. The van der Waals surface area contributed by atoms with Crippen LogP contribution in [-0.4, -0.2) is 35.1 Å². The molecule has 22 heavy (non-hydrogen) atoms. The molecule has 3 nitrogen and oxygen atoms in total. The smallest absolute Gasteiger partial charge is 0.226 e. The van der Waals surface area contributed by atoms with Crippen LogP contribution in [-0.2, 0) is 11.2 Å². The van der Waals surface area contributed by atoms with Gasteiger partial charge in [0.05, 0.1) is 12.5 Å². The largest absolute Gasteiger partial charge is 0.393 e. The summed E-state index contributed by atoms with van der Waals surface area (Å²) in [5, 5.41) is 9.74. The number of nitrogens with zero attached hydrogens (tertiary/aromatic N) is 1. The Balaban J connectivity index is 1.62. The van der Waals surface area contributed by atoms with Gasteiger partial charge in [0.1, 0.15) is 0 Å². The Kier molecular flexibility index (Phi) is 4.26. The summed E-state index contributed by atoms with van der Waals surface area (Å²) in [6, 6.07) is 6.68. The summed E-state index contributed by atoms with van der Waals surface area (Å²) >= 11 is 0. The second kappa shape index (κ2) is 6.04. The third kappa shape index (κ3) is 3.05. The Morgan fingerprint density at radius 1 is 1.18 bits per heavy atom. The predicted molar refractivity (Wildman–Crippen MR) is 87.6 cm³/mol. The van der Waals surface area contributed by atoms with Crippen molar-refractivity contribution in [3.8, 4) is 0 Å². The number of carbonyl (C=O) groups excluding carboxylic acids is 1. The first-order valence-electron chi connectivity index (χ1n) is 8.44. The lowest BCUT2D eigenvalue weighted by atomic mass is 10.0. The molecule has 0 aliphatic heterocycles. The number of hydrogen-bond acceptors (Lipinski definition) is 2. The number of aliphatic hydroxyl groups excluding tert-OH is 1. The Morgan fingerprint density at radius 3 is 2.45 bits per heavy atom. The molecule has 4 atom stereocenters. The second-order valence-electron chi connectivity index (χ2n) is 7.38. The minimum Gasteiger partial charge on any atom is -0.393 e. The van der Waals surface area contributed by atoms with Crippen molar-refractivity contribution in [2.75, 3.05) is 7.05 Å². The van der Waals surface area contributed by atoms with Crippen LogP contribution in [0.4, 0.5) is 0 Å². The number of carbonyl (C=O) groups is 1. The molecule has 0 spiro atoms. The van der Waals surface area contributed by atoms with E-state index in [9.17, 15) is 9.90 Å². The highest BCUT2D eigenvalue weighted by molar-refractivity contribution is 5.79. The van der Waals surface area contributed by atoms with Crippen molar-refractivity contribution in [3.05, 3.63) is 34.9 Å². The monoisotopic (exact) mass is 301 g/mol. The van der Waals surface area contributed by atoms with Crippen molar-refractivity contribution in [1.82, 2.24) is 4.90 Å². The van der Waals surface area contributed by atoms with Gasteiger partial charge in [0, 0.05) is 13.1 Å². The summed E-state index contributed by atoms with van der Waals surface area (Å²) in [6.07, 6.45) is 4.39. The number of aliphatic hydroxyl groups is 1. The molecule has 1 N–H and O–H groups in total. The maximum Gasteiger partial charge on any atom is 0.226 e. The third-order valence-corrected chi connectivity index (χ3v) is 5.75. The number of amides is 1. The fraction of sp³-hybridized carbons (Fsp3) is 0.632. The lowest BCUT2D eigenvalue weighted by Gasteiger charge is -2.26. The SMILES string of the molecule is Cc1ccc(C)c(CC(=O)N(C)C2C[C@H]3CC(O)C[C@H]3C2)c1. The topological polar surface area (TPSA) is 40.5 Å². The molecule has 0 aromatic heterocycles. The molecule has 0 radical (unpaired) electrons. The first kappa shape index (κ1) is 15.5. The van der Waals surface area contributed by atoms with E-state index in [1.54, 1.807) is 0 Å². The molecule has 1 amide bonds. The zero-order valence-corrected chi connectivity index (χ0v) is 13.9. The van der Waals surface area contributed by atoms with Crippen molar-refractivity contribution >= 4 is 5.91 Å². The molecule has 2 unspecified atom stereocenters. The molecule has 1 aromatic carbocycles. The Bertz CT molecular complexity index is 555. The van der Waals surface area contributed by atoms with E-state index in [2.05, 4.69) is 32.0 Å². The summed E-state index contributed by atoms with van der Waals surface area (Å²) in [5.74, 6) is 1.46. The Hall–Kier alpha value is -1.35. The predicted octanol–water partition coefficient (Wildman–Crippen LogP) is 2.85. The van der Waals surface area contributed by atoms with E-state index in [4.69, 9.17) is 0 Å². The van der Waals surface area contributed by atoms with Gasteiger partial charge in [-0.2, -0.15) is 0 Å². The summed E-state index contributed by atoms with van der Waals surface area (Å²) < 4.78 is 0. The normalized spacial score (nSPS) is 30.4. The van der Waals surface area contributed by atoms with Crippen LogP contribution in [0.15, 0.2) is 18.2 Å². The third-order valence-electron chi connectivity index (χ3n) is 5.75. The van der Waals surface area contributed by atoms with Crippen LogP contribution in [0.2, 0.25) is 0 Å². The highest BCUT2D eigenvalue weighted by Gasteiger charge is 2.42. The number of aryl methyl sites for hydroxylation is 2. The van der Waals surface area contributed by atoms with Crippen molar-refractivity contribution in [1.29, 1.82) is 0 Å². The van der Waals surface area contributed by atoms with Crippen LogP contribution < -0.4 is 0 Å². The van der Waals surface area contributed by atoms with Gasteiger partial charge >= 0.3 is 0 Å². The molecule has 2 fully saturated rings. The average Bonchev–Trinajstić information content (AvgIpc) is 2.99. The van der Waals surface area contributed by atoms with Gasteiger partial charge in [0.25, 0.3) is 0 Å². The van der Waals surface area contributed by atoms with E-state index in [0.717, 1.165) is 31.2 Å². The number of benzene rings is 1. The minimum atomic E-state index is -0.105. The van der Waals surface area contributed by atoms with Crippen molar-refractivity contribution in [2.24, 2.45) is 11.8 Å². The van der Waals surface area contributed by atoms with Crippen molar-refractivity contribution < 1.29 is 9.90 Å². The molecule has 0 bridgehead atoms. The quantitative estimate of drug-likeness (QED) is 0.932. The fourth-order valence-corrected chi connectivity index (χ4v) is 4.35. The first-order valence-corrected chi connectivity index (χ1v) is 8.44. The zero-order chi connectivity index (χ0) is 15.9. The van der Waals surface area contributed by atoms with Crippen LogP contribution in [0.1, 0.15) is 42.4 Å². The summed E-state index contributed by atoms with van der Waals surface area (Å²) in [7, 11) is 1.95. The number of rotatable bonds is 3. The second-order valence-corrected chi connectivity index (χ2v) is 7.38.